The smallest absolute Gasteiger partial charge is 0.308 e. The number of benzene rings is 1. The van der Waals surface area contributed by atoms with E-state index in [9.17, 15) is 14.5 Å². The Hall–Kier alpha value is -1.98. The van der Waals surface area contributed by atoms with Gasteiger partial charge in [-0.2, -0.15) is 4.39 Å². The number of nitro groups is 1. The van der Waals surface area contributed by atoms with E-state index in [1.54, 1.807) is 0 Å². The first kappa shape index (κ1) is 7.66. The Morgan fingerprint density at radius 1 is 1.54 bits per heavy atom. The topological polar surface area (TPSA) is 69.2 Å². The van der Waals surface area contributed by atoms with Crippen molar-refractivity contribution < 1.29 is 13.7 Å². The second-order valence-electron chi connectivity index (χ2n) is 2.38. The molecule has 66 valence electrons. The molecule has 0 radical (unpaired) electrons. The van der Waals surface area contributed by atoms with Crippen molar-refractivity contribution in [3.05, 3.63) is 34.5 Å². The Morgan fingerprint density at radius 3 is 3.00 bits per heavy atom. The van der Waals surface area contributed by atoms with Crippen molar-refractivity contribution in [1.29, 1.82) is 0 Å². The number of rotatable bonds is 1. The molecular weight excluding hydrogens is 179 g/mol. The molecule has 0 unspecified atom stereocenters. The Morgan fingerprint density at radius 2 is 2.31 bits per heavy atom. The van der Waals surface area contributed by atoms with E-state index in [4.69, 9.17) is 4.42 Å². The molecule has 0 aliphatic carbocycles. The summed E-state index contributed by atoms with van der Waals surface area (Å²) in [5.74, 6) is -0.911. The van der Waals surface area contributed by atoms with Crippen LogP contribution in [0.4, 0.5) is 10.1 Å². The summed E-state index contributed by atoms with van der Waals surface area (Å²) >= 11 is 0. The number of hydrogen-bond acceptors (Lipinski definition) is 4. The predicted octanol–water partition coefficient (Wildman–Crippen LogP) is 1.88. The summed E-state index contributed by atoms with van der Waals surface area (Å²) in [6, 6.07) is 1.98. The van der Waals surface area contributed by atoms with Crippen molar-refractivity contribution in [2.75, 3.05) is 0 Å². The molecule has 0 fully saturated rings. The first-order valence-electron chi connectivity index (χ1n) is 3.35. The molecule has 0 saturated heterocycles. The van der Waals surface area contributed by atoms with Crippen LogP contribution in [0.15, 0.2) is 22.9 Å². The number of halogens is 1. The fraction of sp³-hybridized carbons (Fsp3) is 0. The molecule has 0 aliphatic heterocycles. The van der Waals surface area contributed by atoms with Gasteiger partial charge < -0.3 is 4.42 Å². The van der Waals surface area contributed by atoms with E-state index >= 15 is 0 Å². The van der Waals surface area contributed by atoms with Crippen molar-refractivity contribution in [3.8, 4) is 0 Å². The maximum atomic E-state index is 12.9. The molecule has 0 spiro atoms. The second kappa shape index (κ2) is 2.51. The van der Waals surface area contributed by atoms with Crippen molar-refractivity contribution in [1.82, 2.24) is 4.98 Å². The highest BCUT2D eigenvalue weighted by molar-refractivity contribution is 5.75. The predicted molar refractivity (Wildman–Crippen MR) is 40.6 cm³/mol. The lowest BCUT2D eigenvalue weighted by Crippen LogP contribution is -1.91. The van der Waals surface area contributed by atoms with Gasteiger partial charge in [-0.15, -0.1) is 0 Å². The van der Waals surface area contributed by atoms with E-state index in [0.29, 0.717) is 0 Å². The Kier molecular flexibility index (Phi) is 1.48. The molecule has 0 saturated carbocycles. The van der Waals surface area contributed by atoms with Crippen molar-refractivity contribution in [2.24, 2.45) is 0 Å². The third kappa shape index (κ3) is 1.12. The van der Waals surface area contributed by atoms with Gasteiger partial charge in [-0.1, -0.05) is 0 Å². The monoisotopic (exact) mass is 182 g/mol. The van der Waals surface area contributed by atoms with Gasteiger partial charge in [-0.3, -0.25) is 10.1 Å². The van der Waals surface area contributed by atoms with E-state index in [2.05, 4.69) is 4.98 Å². The molecule has 2 rings (SSSR count). The van der Waals surface area contributed by atoms with Crippen LogP contribution in [0, 0.1) is 15.9 Å². The number of nitrogens with zero attached hydrogens (tertiary/aromatic N) is 2. The summed E-state index contributed by atoms with van der Waals surface area (Å²) in [7, 11) is 0. The van der Waals surface area contributed by atoms with E-state index < -0.39 is 16.4 Å². The average Bonchev–Trinajstić information content (AvgIpc) is 2.48. The lowest BCUT2D eigenvalue weighted by atomic mass is 10.3. The molecule has 2 aromatic rings. The largest absolute Gasteiger partial charge is 0.443 e. The van der Waals surface area contributed by atoms with Gasteiger partial charge in [0.15, 0.2) is 12.0 Å². The van der Waals surface area contributed by atoms with Gasteiger partial charge in [0.2, 0.25) is 5.82 Å². The second-order valence-corrected chi connectivity index (χ2v) is 2.38. The molecule has 0 aliphatic rings. The van der Waals surface area contributed by atoms with Crippen LogP contribution >= 0.6 is 0 Å². The van der Waals surface area contributed by atoms with E-state index in [1.807, 2.05) is 0 Å². The van der Waals surface area contributed by atoms with Crippen LogP contribution in [-0.4, -0.2) is 9.91 Å². The third-order valence-corrected chi connectivity index (χ3v) is 1.60. The summed E-state index contributed by atoms with van der Waals surface area (Å²) < 4.78 is 17.7. The highest BCUT2D eigenvalue weighted by Gasteiger charge is 2.16. The van der Waals surface area contributed by atoms with Crippen LogP contribution in [0.3, 0.4) is 0 Å². The van der Waals surface area contributed by atoms with Gasteiger partial charge >= 0.3 is 5.69 Å². The van der Waals surface area contributed by atoms with Crippen molar-refractivity contribution >= 4 is 16.8 Å². The summed E-state index contributed by atoms with van der Waals surface area (Å²) in [6.45, 7) is 0. The van der Waals surface area contributed by atoms with Crippen LogP contribution < -0.4 is 0 Å². The highest BCUT2D eigenvalue weighted by Crippen LogP contribution is 2.23. The molecule has 13 heavy (non-hydrogen) atoms. The SMILES string of the molecule is O=[N+]([O-])c1cc2ocnc2cc1F. The summed E-state index contributed by atoms with van der Waals surface area (Å²) in [6.07, 6.45) is 1.10. The maximum Gasteiger partial charge on any atom is 0.308 e. The molecule has 0 amide bonds. The molecule has 5 nitrogen and oxygen atoms in total. The number of fused-ring (bicyclic) bond motifs is 1. The lowest BCUT2D eigenvalue weighted by molar-refractivity contribution is -0.387. The zero-order chi connectivity index (χ0) is 9.42. The van der Waals surface area contributed by atoms with Crippen LogP contribution in [0.1, 0.15) is 0 Å². The summed E-state index contributed by atoms with van der Waals surface area (Å²) in [5, 5.41) is 10.3. The third-order valence-electron chi connectivity index (χ3n) is 1.60. The van der Waals surface area contributed by atoms with E-state index in [-0.39, 0.29) is 11.1 Å². The molecule has 0 bridgehead atoms. The zero-order valence-corrected chi connectivity index (χ0v) is 6.23. The van der Waals surface area contributed by atoms with E-state index in [0.717, 1.165) is 18.5 Å². The normalized spacial score (nSPS) is 10.5. The molecule has 1 aromatic carbocycles. The minimum absolute atomic E-state index is 0.202. The summed E-state index contributed by atoms with van der Waals surface area (Å²) in [5.41, 5.74) is -0.138. The van der Waals surface area contributed by atoms with Crippen molar-refractivity contribution in [2.45, 2.75) is 0 Å². The Labute approximate surface area is 70.9 Å². The van der Waals surface area contributed by atoms with Crippen LogP contribution in [0.25, 0.3) is 11.1 Å². The average molecular weight is 182 g/mol. The molecule has 1 heterocycles. The number of oxazole rings is 1. The molecule has 6 heteroatoms. The first-order valence-corrected chi connectivity index (χ1v) is 3.35. The standard InChI is InChI=1S/C7H3FN2O3/c8-4-1-5-7(13-3-9-5)2-6(4)10(11)12/h1-3H. The fourth-order valence-corrected chi connectivity index (χ4v) is 1.01. The number of aromatic nitrogens is 1. The maximum absolute atomic E-state index is 12.9. The summed E-state index contributed by atoms with van der Waals surface area (Å²) in [4.78, 5) is 13.1. The quantitative estimate of drug-likeness (QED) is 0.498. The minimum atomic E-state index is -0.911. The van der Waals surface area contributed by atoms with Gasteiger partial charge in [0.1, 0.15) is 5.52 Å². The molecule has 0 N–H and O–H groups in total. The molecule has 1 aromatic heterocycles. The van der Waals surface area contributed by atoms with Crippen LogP contribution in [0.5, 0.6) is 0 Å². The lowest BCUT2D eigenvalue weighted by Gasteiger charge is -1.91. The van der Waals surface area contributed by atoms with Gasteiger partial charge in [-0.05, 0) is 0 Å². The highest BCUT2D eigenvalue weighted by atomic mass is 19.1. The Bertz CT molecular complexity index is 480. The minimum Gasteiger partial charge on any atom is -0.443 e. The first-order chi connectivity index (χ1) is 6.18. The van der Waals surface area contributed by atoms with Crippen LogP contribution in [-0.2, 0) is 0 Å². The van der Waals surface area contributed by atoms with E-state index in [1.165, 1.54) is 0 Å². The van der Waals surface area contributed by atoms with Crippen molar-refractivity contribution in [3.63, 3.8) is 0 Å². The van der Waals surface area contributed by atoms with Gasteiger partial charge in [0.05, 0.1) is 11.0 Å². The van der Waals surface area contributed by atoms with Gasteiger partial charge in [-0.25, -0.2) is 4.98 Å². The molecule has 0 atom stereocenters. The number of nitro benzene ring substituents is 1. The van der Waals surface area contributed by atoms with Crippen LogP contribution in [0.2, 0.25) is 0 Å². The van der Waals surface area contributed by atoms with Gasteiger partial charge in [0.25, 0.3) is 0 Å². The molecular formula is C7H3FN2O3. The Balaban J connectivity index is 2.76. The zero-order valence-electron chi connectivity index (χ0n) is 6.23. The number of hydrogen-bond donors (Lipinski definition) is 0. The fourth-order valence-electron chi connectivity index (χ4n) is 1.01. The van der Waals surface area contributed by atoms with Gasteiger partial charge in [0, 0.05) is 6.07 Å².